The smallest absolute Gasteiger partial charge is 0.307 e. The molecule has 2 N–H and O–H groups in total. The molecule has 0 aliphatic carbocycles. The van der Waals surface area contributed by atoms with Crippen molar-refractivity contribution < 1.29 is 14.6 Å². The number of hydrogen-bond acceptors (Lipinski definition) is 2. The molecule has 4 nitrogen and oxygen atoms in total. The molecule has 1 heterocycles. The summed E-state index contributed by atoms with van der Waals surface area (Å²) >= 11 is 12.1. The van der Waals surface area contributed by atoms with Crippen molar-refractivity contribution in [3.63, 3.8) is 0 Å². The summed E-state index contributed by atoms with van der Waals surface area (Å²) in [6.45, 7) is 2.74. The van der Waals surface area contributed by atoms with Crippen LogP contribution >= 0.6 is 23.2 Å². The van der Waals surface area contributed by atoms with Gasteiger partial charge in [0.15, 0.2) is 0 Å². The number of H-pyrrole nitrogens is 1. The molecule has 3 rings (SSSR count). The standard InChI is InChI=1S/C20H19Cl2NO3/c1-2-3-8-26-13-5-7-18-14(10-13)15(11-19(24)25)20(23-18)12-4-6-16(21)17(22)9-12/h4-7,9-10,23H,2-3,8,11H2,1H3,(H,24,25). The molecule has 0 spiro atoms. The summed E-state index contributed by atoms with van der Waals surface area (Å²) in [6.07, 6.45) is 1.92. The molecule has 0 fully saturated rings. The molecule has 0 saturated heterocycles. The normalized spacial score (nSPS) is 11.0. The summed E-state index contributed by atoms with van der Waals surface area (Å²) in [6, 6.07) is 10.9. The predicted octanol–water partition coefficient (Wildman–Crippen LogP) is 5.95. The van der Waals surface area contributed by atoms with Crippen LogP contribution in [0.4, 0.5) is 0 Å². The van der Waals surface area contributed by atoms with Crippen LogP contribution in [0.1, 0.15) is 25.3 Å². The predicted molar refractivity (Wildman–Crippen MR) is 105 cm³/mol. The Morgan fingerprint density at radius 3 is 2.65 bits per heavy atom. The third-order valence-electron chi connectivity index (χ3n) is 4.18. The van der Waals surface area contributed by atoms with E-state index in [1.165, 1.54) is 0 Å². The fourth-order valence-corrected chi connectivity index (χ4v) is 3.18. The van der Waals surface area contributed by atoms with E-state index in [2.05, 4.69) is 11.9 Å². The van der Waals surface area contributed by atoms with Gasteiger partial charge in [0.25, 0.3) is 0 Å². The molecule has 1 aromatic heterocycles. The number of fused-ring (bicyclic) bond motifs is 1. The summed E-state index contributed by atoms with van der Waals surface area (Å²) in [4.78, 5) is 14.7. The summed E-state index contributed by atoms with van der Waals surface area (Å²) in [7, 11) is 0. The summed E-state index contributed by atoms with van der Waals surface area (Å²) in [5.74, 6) is -0.165. The van der Waals surface area contributed by atoms with E-state index in [0.717, 1.165) is 40.8 Å². The van der Waals surface area contributed by atoms with Crippen LogP contribution in [-0.2, 0) is 11.2 Å². The molecule has 0 saturated carbocycles. The van der Waals surface area contributed by atoms with Crippen molar-refractivity contribution in [1.82, 2.24) is 4.98 Å². The van der Waals surface area contributed by atoms with Crippen LogP contribution in [0, 0.1) is 0 Å². The van der Waals surface area contributed by atoms with Crippen molar-refractivity contribution in [2.24, 2.45) is 0 Å². The first-order valence-corrected chi connectivity index (χ1v) is 9.19. The van der Waals surface area contributed by atoms with Gasteiger partial charge in [-0.05, 0) is 47.9 Å². The van der Waals surface area contributed by atoms with Crippen molar-refractivity contribution >= 4 is 40.1 Å². The van der Waals surface area contributed by atoms with Gasteiger partial charge in [0.1, 0.15) is 5.75 Å². The van der Waals surface area contributed by atoms with Gasteiger partial charge in [0.05, 0.1) is 28.8 Å². The second-order valence-electron chi connectivity index (χ2n) is 6.09. The van der Waals surface area contributed by atoms with Crippen molar-refractivity contribution in [1.29, 1.82) is 0 Å². The number of halogens is 2. The molecular weight excluding hydrogens is 373 g/mol. The molecule has 0 amide bonds. The van der Waals surface area contributed by atoms with Gasteiger partial charge in [-0.2, -0.15) is 0 Å². The first kappa shape index (κ1) is 18.6. The van der Waals surface area contributed by atoms with Gasteiger partial charge < -0.3 is 14.8 Å². The highest BCUT2D eigenvalue weighted by Crippen LogP contribution is 2.35. The first-order chi connectivity index (χ1) is 12.5. The van der Waals surface area contributed by atoms with E-state index < -0.39 is 5.97 Å². The maximum Gasteiger partial charge on any atom is 0.307 e. The Balaban J connectivity index is 2.09. The van der Waals surface area contributed by atoms with E-state index >= 15 is 0 Å². The summed E-state index contributed by atoms with van der Waals surface area (Å²) < 4.78 is 5.76. The van der Waals surface area contributed by atoms with Crippen LogP contribution < -0.4 is 4.74 Å². The van der Waals surface area contributed by atoms with Crippen LogP contribution in [0.25, 0.3) is 22.2 Å². The lowest BCUT2D eigenvalue weighted by molar-refractivity contribution is -0.136. The number of aromatic amines is 1. The molecule has 0 unspecified atom stereocenters. The topological polar surface area (TPSA) is 62.3 Å². The lowest BCUT2D eigenvalue weighted by Gasteiger charge is -2.06. The third-order valence-corrected chi connectivity index (χ3v) is 4.92. The molecule has 0 radical (unpaired) electrons. The Morgan fingerprint density at radius 2 is 1.96 bits per heavy atom. The van der Waals surface area contributed by atoms with Crippen LogP contribution in [0.3, 0.4) is 0 Å². The second-order valence-corrected chi connectivity index (χ2v) is 6.90. The largest absolute Gasteiger partial charge is 0.494 e. The summed E-state index contributed by atoms with van der Waals surface area (Å²) in [5.41, 5.74) is 3.07. The van der Waals surface area contributed by atoms with E-state index in [9.17, 15) is 9.90 Å². The molecule has 0 aliphatic heterocycles. The number of hydrogen-bond donors (Lipinski definition) is 2. The maximum atomic E-state index is 11.4. The van der Waals surface area contributed by atoms with Gasteiger partial charge in [-0.15, -0.1) is 0 Å². The van der Waals surface area contributed by atoms with Gasteiger partial charge in [-0.25, -0.2) is 0 Å². The van der Waals surface area contributed by atoms with Gasteiger partial charge in [0.2, 0.25) is 0 Å². The van der Waals surface area contributed by atoms with Crippen molar-refractivity contribution in [3.8, 4) is 17.0 Å². The number of nitrogens with one attached hydrogen (secondary N) is 1. The number of ether oxygens (including phenoxy) is 1. The van der Waals surface area contributed by atoms with Gasteiger partial charge in [-0.1, -0.05) is 42.6 Å². The van der Waals surface area contributed by atoms with Crippen molar-refractivity contribution in [2.75, 3.05) is 6.61 Å². The molecule has 0 atom stereocenters. The minimum Gasteiger partial charge on any atom is -0.494 e. The number of aliphatic carboxylic acids is 1. The minimum absolute atomic E-state index is 0.103. The van der Waals surface area contributed by atoms with Crippen molar-refractivity contribution in [2.45, 2.75) is 26.2 Å². The monoisotopic (exact) mass is 391 g/mol. The minimum atomic E-state index is -0.899. The highest BCUT2D eigenvalue weighted by Gasteiger charge is 2.17. The Morgan fingerprint density at radius 1 is 1.15 bits per heavy atom. The molecule has 2 aromatic carbocycles. The number of carbonyl (C=O) groups is 1. The van der Waals surface area contributed by atoms with Crippen LogP contribution in [0.2, 0.25) is 10.0 Å². The number of carboxylic acids is 1. The number of unbranched alkanes of at least 4 members (excludes halogenated alkanes) is 1. The number of benzene rings is 2. The fourth-order valence-electron chi connectivity index (χ4n) is 2.88. The average Bonchev–Trinajstić information content (AvgIpc) is 2.95. The second kappa shape index (κ2) is 8.02. The Labute approximate surface area is 161 Å². The number of carboxylic acid groups (broad SMARTS) is 1. The highest BCUT2D eigenvalue weighted by molar-refractivity contribution is 6.42. The lowest BCUT2D eigenvalue weighted by atomic mass is 10.0. The quantitative estimate of drug-likeness (QED) is 0.489. The highest BCUT2D eigenvalue weighted by atomic mass is 35.5. The fraction of sp³-hybridized carbons (Fsp3) is 0.250. The van der Waals surface area contributed by atoms with Gasteiger partial charge >= 0.3 is 5.97 Å². The van der Waals surface area contributed by atoms with E-state index in [1.54, 1.807) is 12.1 Å². The number of aromatic nitrogens is 1. The SMILES string of the molecule is CCCCOc1ccc2[nH]c(-c3ccc(Cl)c(Cl)c3)c(CC(=O)O)c2c1. The molecule has 0 aliphatic rings. The zero-order valence-corrected chi connectivity index (χ0v) is 15.8. The molecule has 26 heavy (non-hydrogen) atoms. The molecule has 6 heteroatoms. The molecule has 136 valence electrons. The molecule has 3 aromatic rings. The maximum absolute atomic E-state index is 11.4. The van der Waals surface area contributed by atoms with Crippen LogP contribution in [0.15, 0.2) is 36.4 Å². The summed E-state index contributed by atoms with van der Waals surface area (Å²) in [5, 5.41) is 11.1. The van der Waals surface area contributed by atoms with E-state index in [1.807, 2.05) is 24.3 Å². The van der Waals surface area contributed by atoms with Gasteiger partial charge in [-0.3, -0.25) is 4.79 Å². The van der Waals surface area contributed by atoms with Gasteiger partial charge in [0, 0.05) is 10.9 Å². The first-order valence-electron chi connectivity index (χ1n) is 8.44. The average molecular weight is 392 g/mol. The lowest BCUT2D eigenvalue weighted by Crippen LogP contribution is -2.01. The van der Waals surface area contributed by atoms with E-state index in [-0.39, 0.29) is 6.42 Å². The van der Waals surface area contributed by atoms with Crippen molar-refractivity contribution in [3.05, 3.63) is 52.0 Å². The Kier molecular flexibility index (Phi) is 5.74. The van der Waals surface area contributed by atoms with E-state index in [0.29, 0.717) is 22.2 Å². The zero-order valence-electron chi connectivity index (χ0n) is 14.3. The zero-order chi connectivity index (χ0) is 18.7. The third kappa shape index (κ3) is 3.97. The number of rotatable bonds is 7. The van der Waals surface area contributed by atoms with Crippen LogP contribution in [0.5, 0.6) is 5.75 Å². The Bertz CT molecular complexity index is 950. The van der Waals surface area contributed by atoms with E-state index in [4.69, 9.17) is 27.9 Å². The van der Waals surface area contributed by atoms with Crippen LogP contribution in [-0.4, -0.2) is 22.7 Å². The Hall–Kier alpha value is -2.17. The molecule has 0 bridgehead atoms. The molecular formula is C20H19Cl2NO3.